The van der Waals surface area contributed by atoms with E-state index in [4.69, 9.17) is 10.8 Å². The number of nitrogens with zero attached hydrogens (tertiary/aromatic N) is 2. The molecule has 0 bridgehead atoms. The quantitative estimate of drug-likeness (QED) is 0.639. The fourth-order valence-corrected chi connectivity index (χ4v) is 3.49. The lowest BCUT2D eigenvalue weighted by molar-refractivity contribution is -0.137. The number of carbonyl (C=O) groups is 2. The normalized spacial score (nSPS) is 18.6. The average molecular weight is 293 g/mol. The highest BCUT2D eigenvalue weighted by Crippen LogP contribution is 2.20. The van der Waals surface area contributed by atoms with Gasteiger partial charge in [0.1, 0.15) is 6.54 Å². The van der Waals surface area contributed by atoms with Gasteiger partial charge in [-0.1, -0.05) is 6.92 Å². The summed E-state index contributed by atoms with van der Waals surface area (Å²) in [5.74, 6) is -1.76. The second-order valence-corrected chi connectivity index (χ2v) is 6.65. The van der Waals surface area contributed by atoms with Crippen LogP contribution in [0, 0.1) is 5.92 Å². The van der Waals surface area contributed by atoms with Crippen LogP contribution in [0.2, 0.25) is 0 Å². The van der Waals surface area contributed by atoms with Crippen LogP contribution < -0.4 is 5.73 Å². The SMILES string of the molecule is CC1CCN(S(=O)(=O)N(CC(N)=O)CC(=O)O)CC1. The summed E-state index contributed by atoms with van der Waals surface area (Å²) in [5, 5.41) is 8.72. The summed E-state index contributed by atoms with van der Waals surface area (Å²) >= 11 is 0. The number of hydrogen-bond acceptors (Lipinski definition) is 4. The smallest absolute Gasteiger partial charge is 0.318 e. The van der Waals surface area contributed by atoms with Crippen molar-refractivity contribution in [3.63, 3.8) is 0 Å². The molecular weight excluding hydrogens is 274 g/mol. The molecule has 8 nitrogen and oxygen atoms in total. The Morgan fingerprint density at radius 2 is 1.84 bits per heavy atom. The lowest BCUT2D eigenvalue weighted by Gasteiger charge is -2.33. The maximum atomic E-state index is 12.2. The van der Waals surface area contributed by atoms with Crippen molar-refractivity contribution in [2.24, 2.45) is 11.7 Å². The lowest BCUT2D eigenvalue weighted by Crippen LogP contribution is -2.50. The number of rotatable bonds is 6. The first-order valence-electron chi connectivity index (χ1n) is 5.98. The number of primary amides is 1. The van der Waals surface area contributed by atoms with Crippen molar-refractivity contribution < 1.29 is 23.1 Å². The number of nitrogens with two attached hydrogens (primary N) is 1. The third-order valence-electron chi connectivity index (χ3n) is 3.04. The minimum atomic E-state index is -3.95. The van der Waals surface area contributed by atoms with E-state index in [2.05, 4.69) is 0 Å². The van der Waals surface area contributed by atoms with Gasteiger partial charge in [-0.05, 0) is 18.8 Å². The molecule has 0 atom stereocenters. The van der Waals surface area contributed by atoms with Gasteiger partial charge in [0.2, 0.25) is 5.91 Å². The standard InChI is InChI=1S/C10H19N3O5S/c1-8-2-4-12(5-3-8)19(17,18)13(6-9(11)14)7-10(15)16/h8H,2-7H2,1H3,(H2,11,14)(H,15,16). The second-order valence-electron chi connectivity index (χ2n) is 4.72. The van der Waals surface area contributed by atoms with Crippen LogP contribution in [0.25, 0.3) is 0 Å². The van der Waals surface area contributed by atoms with Crippen molar-refractivity contribution >= 4 is 22.1 Å². The van der Waals surface area contributed by atoms with E-state index >= 15 is 0 Å². The van der Waals surface area contributed by atoms with E-state index in [1.165, 1.54) is 4.31 Å². The second kappa shape index (κ2) is 6.31. The van der Waals surface area contributed by atoms with E-state index in [0.29, 0.717) is 23.3 Å². The number of aliphatic carboxylic acids is 1. The van der Waals surface area contributed by atoms with Crippen LogP contribution in [0.1, 0.15) is 19.8 Å². The highest BCUT2D eigenvalue weighted by Gasteiger charge is 2.33. The zero-order chi connectivity index (χ0) is 14.6. The Bertz CT molecular complexity index is 426. The Hall–Kier alpha value is -1.19. The minimum Gasteiger partial charge on any atom is -0.480 e. The van der Waals surface area contributed by atoms with E-state index < -0.39 is 35.2 Å². The van der Waals surface area contributed by atoms with E-state index in [1.807, 2.05) is 6.92 Å². The summed E-state index contributed by atoms with van der Waals surface area (Å²) in [6, 6.07) is 0. The molecule has 0 spiro atoms. The molecule has 0 aliphatic carbocycles. The van der Waals surface area contributed by atoms with Crippen molar-refractivity contribution in [3.8, 4) is 0 Å². The minimum absolute atomic E-state index is 0.332. The molecule has 0 unspecified atom stereocenters. The topological polar surface area (TPSA) is 121 Å². The fraction of sp³-hybridized carbons (Fsp3) is 0.800. The highest BCUT2D eigenvalue weighted by atomic mass is 32.2. The molecule has 0 aromatic heterocycles. The molecule has 0 saturated carbocycles. The van der Waals surface area contributed by atoms with Gasteiger partial charge in [0, 0.05) is 13.1 Å². The summed E-state index contributed by atoms with van der Waals surface area (Å²) < 4.78 is 26.3. The molecule has 1 rings (SSSR count). The number of carboxylic acids is 1. The summed E-state index contributed by atoms with van der Waals surface area (Å²) in [6.45, 7) is 1.30. The third-order valence-corrected chi connectivity index (χ3v) is 4.97. The van der Waals surface area contributed by atoms with Gasteiger partial charge in [0.25, 0.3) is 10.2 Å². The van der Waals surface area contributed by atoms with Crippen LogP contribution in [-0.2, 0) is 19.8 Å². The molecule has 9 heteroatoms. The molecule has 1 saturated heterocycles. The van der Waals surface area contributed by atoms with E-state index in [0.717, 1.165) is 12.8 Å². The number of piperidine rings is 1. The van der Waals surface area contributed by atoms with Crippen LogP contribution in [0.4, 0.5) is 0 Å². The molecule has 1 aliphatic heterocycles. The third kappa shape index (κ3) is 4.44. The summed E-state index contributed by atoms with van der Waals surface area (Å²) in [4.78, 5) is 21.6. The number of hydrogen-bond donors (Lipinski definition) is 2. The van der Waals surface area contributed by atoms with Crippen LogP contribution in [0.3, 0.4) is 0 Å². The largest absolute Gasteiger partial charge is 0.480 e. The molecule has 0 radical (unpaired) electrons. The van der Waals surface area contributed by atoms with Crippen LogP contribution in [0.15, 0.2) is 0 Å². The van der Waals surface area contributed by atoms with Gasteiger partial charge in [0.15, 0.2) is 0 Å². The molecule has 3 N–H and O–H groups in total. The van der Waals surface area contributed by atoms with Gasteiger partial charge in [-0.3, -0.25) is 9.59 Å². The van der Waals surface area contributed by atoms with Crippen LogP contribution in [-0.4, -0.2) is 60.2 Å². The summed E-state index contributed by atoms with van der Waals surface area (Å²) in [6.07, 6.45) is 1.44. The van der Waals surface area contributed by atoms with Gasteiger partial charge in [-0.2, -0.15) is 17.0 Å². The fourth-order valence-electron chi connectivity index (χ4n) is 1.92. The number of carboxylic acid groups (broad SMARTS) is 1. The van der Waals surface area contributed by atoms with Crippen LogP contribution in [0.5, 0.6) is 0 Å². The lowest BCUT2D eigenvalue weighted by atomic mass is 10.0. The van der Waals surface area contributed by atoms with Gasteiger partial charge >= 0.3 is 5.97 Å². The molecule has 110 valence electrons. The first-order chi connectivity index (χ1) is 8.73. The van der Waals surface area contributed by atoms with Gasteiger partial charge in [0.05, 0.1) is 6.54 Å². The maximum Gasteiger partial charge on any atom is 0.318 e. The highest BCUT2D eigenvalue weighted by molar-refractivity contribution is 7.86. The Labute approximate surface area is 112 Å². The van der Waals surface area contributed by atoms with Gasteiger partial charge in [-0.15, -0.1) is 0 Å². The Balaban J connectivity index is 2.85. The maximum absolute atomic E-state index is 12.2. The zero-order valence-corrected chi connectivity index (χ0v) is 11.6. The number of carbonyl (C=O) groups excluding carboxylic acids is 1. The van der Waals surface area contributed by atoms with E-state index in [-0.39, 0.29) is 0 Å². The van der Waals surface area contributed by atoms with E-state index in [1.54, 1.807) is 0 Å². The molecule has 1 amide bonds. The molecule has 1 fully saturated rings. The summed E-state index contributed by atoms with van der Waals surface area (Å²) in [7, 11) is -3.95. The molecular formula is C10H19N3O5S. The first kappa shape index (κ1) is 15.9. The average Bonchev–Trinajstić information content (AvgIpc) is 2.27. The molecule has 0 aromatic rings. The van der Waals surface area contributed by atoms with Crippen molar-refractivity contribution in [3.05, 3.63) is 0 Å². The Morgan fingerprint density at radius 1 is 1.32 bits per heavy atom. The van der Waals surface area contributed by atoms with E-state index in [9.17, 15) is 18.0 Å². The van der Waals surface area contributed by atoms with Gasteiger partial charge < -0.3 is 10.8 Å². The zero-order valence-electron chi connectivity index (χ0n) is 10.8. The molecule has 1 aliphatic rings. The molecule has 1 heterocycles. The monoisotopic (exact) mass is 293 g/mol. The Morgan fingerprint density at radius 3 is 2.26 bits per heavy atom. The van der Waals surface area contributed by atoms with Crippen molar-refractivity contribution in [2.45, 2.75) is 19.8 Å². The Kier molecular flexibility index (Phi) is 5.27. The number of amides is 1. The predicted molar refractivity (Wildman–Crippen MR) is 67.3 cm³/mol. The van der Waals surface area contributed by atoms with Crippen molar-refractivity contribution in [1.82, 2.24) is 8.61 Å². The predicted octanol–water partition coefficient (Wildman–Crippen LogP) is -1.16. The van der Waals surface area contributed by atoms with Gasteiger partial charge in [-0.25, -0.2) is 0 Å². The van der Waals surface area contributed by atoms with Crippen molar-refractivity contribution in [2.75, 3.05) is 26.2 Å². The van der Waals surface area contributed by atoms with Crippen LogP contribution >= 0.6 is 0 Å². The van der Waals surface area contributed by atoms with Crippen molar-refractivity contribution in [1.29, 1.82) is 0 Å². The first-order valence-corrected chi connectivity index (χ1v) is 7.38. The molecule has 0 aromatic carbocycles. The summed E-state index contributed by atoms with van der Waals surface area (Å²) in [5.41, 5.74) is 4.96. The molecule has 19 heavy (non-hydrogen) atoms.